The van der Waals surface area contributed by atoms with Crippen molar-refractivity contribution in [1.29, 1.82) is 0 Å². The van der Waals surface area contributed by atoms with Crippen molar-refractivity contribution in [3.63, 3.8) is 0 Å². The quantitative estimate of drug-likeness (QED) is 0.738. The Balaban J connectivity index is 2.09. The van der Waals surface area contributed by atoms with Crippen LogP contribution < -0.4 is 0 Å². The predicted molar refractivity (Wildman–Crippen MR) is 69.3 cm³/mol. The van der Waals surface area contributed by atoms with Crippen LogP contribution in [-0.2, 0) is 10.2 Å². The van der Waals surface area contributed by atoms with Crippen molar-refractivity contribution in [2.45, 2.75) is 38.6 Å². The van der Waals surface area contributed by atoms with E-state index in [0.717, 1.165) is 25.7 Å². The Morgan fingerprint density at radius 2 is 1.94 bits per heavy atom. The highest BCUT2D eigenvalue weighted by molar-refractivity contribution is 7.86. The molecule has 2 rings (SSSR count). The van der Waals surface area contributed by atoms with E-state index < -0.39 is 10.2 Å². The monoisotopic (exact) mass is 280 g/mol. The molecule has 2 heterocycles. The highest BCUT2D eigenvalue weighted by atomic mass is 35.5. The Morgan fingerprint density at radius 3 is 2.53 bits per heavy atom. The van der Waals surface area contributed by atoms with Gasteiger partial charge in [-0.25, -0.2) is 0 Å². The maximum absolute atomic E-state index is 12.5. The van der Waals surface area contributed by atoms with Crippen molar-refractivity contribution in [1.82, 2.24) is 8.61 Å². The summed E-state index contributed by atoms with van der Waals surface area (Å²) >= 11 is 5.85. The second-order valence-electron chi connectivity index (χ2n) is 5.13. The fourth-order valence-corrected chi connectivity index (χ4v) is 4.99. The molecule has 0 bridgehead atoms. The number of hydrogen-bond acceptors (Lipinski definition) is 2. The van der Waals surface area contributed by atoms with Gasteiger partial charge in [0.2, 0.25) is 0 Å². The molecule has 2 aliphatic rings. The molecule has 0 saturated carbocycles. The van der Waals surface area contributed by atoms with Gasteiger partial charge in [-0.1, -0.05) is 0 Å². The molecular formula is C11H21ClN2O2S. The molecular weight excluding hydrogens is 260 g/mol. The van der Waals surface area contributed by atoms with Gasteiger partial charge in [0.05, 0.1) is 0 Å². The molecule has 0 spiro atoms. The average molecular weight is 281 g/mol. The van der Waals surface area contributed by atoms with Crippen LogP contribution in [0.15, 0.2) is 0 Å². The van der Waals surface area contributed by atoms with E-state index in [-0.39, 0.29) is 6.04 Å². The van der Waals surface area contributed by atoms with E-state index in [1.807, 2.05) is 6.92 Å². The SMILES string of the molecule is CC1CCCN1S(=O)(=O)N1CCCC(CCl)C1. The summed E-state index contributed by atoms with van der Waals surface area (Å²) in [6.45, 7) is 3.91. The van der Waals surface area contributed by atoms with Crippen molar-refractivity contribution in [3.05, 3.63) is 0 Å². The van der Waals surface area contributed by atoms with E-state index in [0.29, 0.717) is 31.4 Å². The summed E-state index contributed by atoms with van der Waals surface area (Å²) in [4.78, 5) is 0. The smallest absolute Gasteiger partial charge is 0.195 e. The molecule has 2 fully saturated rings. The van der Waals surface area contributed by atoms with Crippen LogP contribution >= 0.6 is 11.6 Å². The highest BCUT2D eigenvalue weighted by Gasteiger charge is 2.37. The van der Waals surface area contributed by atoms with Crippen molar-refractivity contribution in [2.24, 2.45) is 5.92 Å². The summed E-state index contributed by atoms with van der Waals surface area (Å²) < 4.78 is 28.2. The van der Waals surface area contributed by atoms with E-state index in [1.165, 1.54) is 0 Å². The lowest BCUT2D eigenvalue weighted by molar-refractivity contribution is 0.258. The van der Waals surface area contributed by atoms with Crippen molar-refractivity contribution >= 4 is 21.8 Å². The summed E-state index contributed by atoms with van der Waals surface area (Å²) in [6, 6.07) is 0.149. The normalized spacial score (nSPS) is 33.1. The molecule has 17 heavy (non-hydrogen) atoms. The first-order valence-corrected chi connectivity index (χ1v) is 8.31. The highest BCUT2D eigenvalue weighted by Crippen LogP contribution is 2.26. The molecule has 0 N–H and O–H groups in total. The van der Waals surface area contributed by atoms with E-state index in [1.54, 1.807) is 8.61 Å². The Hall–Kier alpha value is 0.160. The molecule has 2 unspecified atom stereocenters. The fourth-order valence-electron chi connectivity index (χ4n) is 2.76. The Labute approximate surface area is 109 Å². The lowest BCUT2D eigenvalue weighted by Crippen LogP contribution is -2.49. The van der Waals surface area contributed by atoms with Crippen molar-refractivity contribution < 1.29 is 8.42 Å². The van der Waals surface area contributed by atoms with Gasteiger partial charge in [-0.05, 0) is 38.5 Å². The zero-order chi connectivity index (χ0) is 12.5. The molecule has 0 aromatic rings. The van der Waals surface area contributed by atoms with Crippen LogP contribution in [0.2, 0.25) is 0 Å². The van der Waals surface area contributed by atoms with Gasteiger partial charge in [0.15, 0.2) is 0 Å². The molecule has 100 valence electrons. The molecule has 0 aromatic carbocycles. The van der Waals surface area contributed by atoms with Crippen LogP contribution in [0.25, 0.3) is 0 Å². The molecule has 0 aromatic heterocycles. The Bertz CT molecular complexity index is 360. The number of rotatable bonds is 3. The zero-order valence-electron chi connectivity index (χ0n) is 10.3. The molecule has 0 amide bonds. The van der Waals surface area contributed by atoms with E-state index in [2.05, 4.69) is 0 Å². The molecule has 6 heteroatoms. The van der Waals surface area contributed by atoms with E-state index >= 15 is 0 Å². The van der Waals surface area contributed by atoms with Crippen LogP contribution in [0.5, 0.6) is 0 Å². The largest absolute Gasteiger partial charge is 0.282 e. The van der Waals surface area contributed by atoms with Crippen LogP contribution in [-0.4, -0.2) is 48.6 Å². The Morgan fingerprint density at radius 1 is 1.24 bits per heavy atom. The molecule has 0 radical (unpaired) electrons. The van der Waals surface area contributed by atoms with Crippen molar-refractivity contribution in [3.8, 4) is 0 Å². The van der Waals surface area contributed by atoms with Gasteiger partial charge < -0.3 is 0 Å². The average Bonchev–Trinajstić information content (AvgIpc) is 2.76. The molecule has 0 aliphatic carbocycles. The van der Waals surface area contributed by atoms with Gasteiger partial charge in [0.25, 0.3) is 10.2 Å². The summed E-state index contributed by atoms with van der Waals surface area (Å²) in [6.07, 6.45) is 3.93. The summed E-state index contributed by atoms with van der Waals surface area (Å²) in [5, 5.41) is 0. The minimum Gasteiger partial charge on any atom is -0.195 e. The third-order valence-corrected chi connectivity index (χ3v) is 6.37. The minimum atomic E-state index is -3.25. The first kappa shape index (κ1) is 13.6. The van der Waals surface area contributed by atoms with Gasteiger partial charge in [0.1, 0.15) is 0 Å². The first-order valence-electron chi connectivity index (χ1n) is 6.38. The third kappa shape index (κ3) is 2.78. The first-order chi connectivity index (χ1) is 8.05. The standard InChI is InChI=1S/C11H21ClN2O2S/c1-10-4-2-7-14(10)17(15,16)13-6-3-5-11(8-12)9-13/h10-11H,2-9H2,1H3. The molecule has 2 saturated heterocycles. The third-order valence-electron chi connectivity index (χ3n) is 3.81. The topological polar surface area (TPSA) is 40.6 Å². The second-order valence-corrected chi connectivity index (χ2v) is 7.32. The molecule has 4 nitrogen and oxygen atoms in total. The van der Waals surface area contributed by atoms with Gasteiger partial charge >= 0.3 is 0 Å². The van der Waals surface area contributed by atoms with Crippen LogP contribution in [0.4, 0.5) is 0 Å². The molecule has 2 atom stereocenters. The maximum atomic E-state index is 12.5. The van der Waals surface area contributed by atoms with Crippen LogP contribution in [0.1, 0.15) is 32.6 Å². The predicted octanol–water partition coefficient (Wildman–Crippen LogP) is 1.67. The lowest BCUT2D eigenvalue weighted by atomic mass is 10.0. The van der Waals surface area contributed by atoms with Gasteiger partial charge in [-0.15, -0.1) is 11.6 Å². The summed E-state index contributed by atoms with van der Waals surface area (Å²) in [7, 11) is -3.25. The minimum absolute atomic E-state index is 0.149. The lowest BCUT2D eigenvalue weighted by Gasteiger charge is -2.35. The number of piperidine rings is 1. The van der Waals surface area contributed by atoms with E-state index in [4.69, 9.17) is 11.6 Å². The van der Waals surface area contributed by atoms with Crippen LogP contribution in [0.3, 0.4) is 0 Å². The second kappa shape index (κ2) is 5.43. The van der Waals surface area contributed by atoms with Crippen molar-refractivity contribution in [2.75, 3.05) is 25.5 Å². The number of hydrogen-bond donors (Lipinski definition) is 0. The number of nitrogens with zero attached hydrogens (tertiary/aromatic N) is 2. The summed E-state index contributed by atoms with van der Waals surface area (Å²) in [5.74, 6) is 0.875. The molecule has 2 aliphatic heterocycles. The Kier molecular flexibility index (Phi) is 4.34. The fraction of sp³-hybridized carbons (Fsp3) is 1.00. The number of alkyl halides is 1. The maximum Gasteiger partial charge on any atom is 0.282 e. The zero-order valence-corrected chi connectivity index (χ0v) is 11.9. The number of halogens is 1. The van der Waals surface area contributed by atoms with Gasteiger partial charge in [-0.3, -0.25) is 0 Å². The van der Waals surface area contributed by atoms with Crippen LogP contribution in [0, 0.1) is 5.92 Å². The summed E-state index contributed by atoms with van der Waals surface area (Å²) in [5.41, 5.74) is 0. The van der Waals surface area contributed by atoms with Gasteiger partial charge in [0, 0.05) is 31.6 Å². The van der Waals surface area contributed by atoms with Gasteiger partial charge in [-0.2, -0.15) is 17.0 Å². The van der Waals surface area contributed by atoms with E-state index in [9.17, 15) is 8.42 Å².